The van der Waals surface area contributed by atoms with Crippen molar-refractivity contribution < 1.29 is 57.6 Å². The van der Waals surface area contributed by atoms with Gasteiger partial charge in [-0.2, -0.15) is 39.5 Å². The monoisotopic (exact) mass is 578 g/mol. The van der Waals surface area contributed by atoms with E-state index in [-0.39, 0.29) is 10.9 Å². The van der Waals surface area contributed by atoms with Crippen molar-refractivity contribution in [1.29, 1.82) is 0 Å². The van der Waals surface area contributed by atoms with Crippen molar-refractivity contribution in [2.75, 3.05) is 0 Å². The zero-order chi connectivity index (χ0) is 28.3. The van der Waals surface area contributed by atoms with Crippen LogP contribution in [0.2, 0.25) is 0 Å². The van der Waals surface area contributed by atoms with Gasteiger partial charge < -0.3 is 9.66 Å². The van der Waals surface area contributed by atoms with Crippen molar-refractivity contribution in [3.8, 4) is 5.75 Å². The number of benzene rings is 3. The molecule has 0 radical (unpaired) electrons. The smallest absolute Gasteiger partial charge is 0.460 e. The Morgan fingerprint density at radius 3 is 1.27 bits per heavy atom. The van der Waals surface area contributed by atoms with E-state index in [9.17, 15) is 57.6 Å². The summed E-state index contributed by atoms with van der Waals surface area (Å²) in [6.07, 6.45) is -7.16. The van der Waals surface area contributed by atoms with E-state index in [0.717, 1.165) is 0 Å². The number of aromatic hydroxyl groups is 1. The lowest BCUT2D eigenvalue weighted by atomic mass is 10.1. The van der Waals surface area contributed by atoms with Gasteiger partial charge in [-0.05, 0) is 48.5 Å². The van der Waals surface area contributed by atoms with Crippen molar-refractivity contribution >= 4 is 21.0 Å². The van der Waals surface area contributed by atoms with Crippen molar-refractivity contribution in [2.45, 2.75) is 38.0 Å². The van der Waals surface area contributed by atoms with Crippen LogP contribution >= 0.6 is 0 Å². The lowest BCUT2D eigenvalue weighted by Gasteiger charge is -2.34. The summed E-state index contributed by atoms with van der Waals surface area (Å²) in [5, 5.41) is 2.37. The predicted molar refractivity (Wildman–Crippen MR) is 114 cm³/mol. The van der Waals surface area contributed by atoms with E-state index in [0.29, 0.717) is 5.75 Å². The SMILES string of the molecule is O=S(=O)([O-])C(F)(F)C(F)(F)C(F)(F)C(F)(F)F.Oc1ccc([S+](c2ccccc2)c2ccccc2)cc1. The normalized spacial score (nSPS) is 13.2. The van der Waals surface area contributed by atoms with Gasteiger partial charge in [-0.1, -0.05) is 36.4 Å². The molecule has 0 amide bonds. The Kier molecular flexibility index (Phi) is 8.87. The van der Waals surface area contributed by atoms with Crippen LogP contribution in [0, 0.1) is 0 Å². The number of alkyl halides is 9. The molecule has 0 saturated carbocycles. The summed E-state index contributed by atoms with van der Waals surface area (Å²) in [6, 6.07) is 28.5. The van der Waals surface area contributed by atoms with Gasteiger partial charge >= 0.3 is 23.3 Å². The summed E-state index contributed by atoms with van der Waals surface area (Å²) in [7, 11) is -7.55. The average Bonchev–Trinajstić information content (AvgIpc) is 2.81. The number of phenolic OH excluding ortho intramolecular Hbond substituents is 1. The first-order chi connectivity index (χ1) is 16.8. The van der Waals surface area contributed by atoms with E-state index >= 15 is 0 Å². The summed E-state index contributed by atoms with van der Waals surface area (Å²) in [5.74, 6) is -14.5. The molecule has 3 aromatic rings. The maximum Gasteiger partial charge on any atom is 0.460 e. The van der Waals surface area contributed by atoms with Gasteiger partial charge in [-0.15, -0.1) is 0 Å². The molecule has 0 fully saturated rings. The molecule has 0 atom stereocenters. The molecule has 3 aromatic carbocycles. The highest BCUT2D eigenvalue weighted by molar-refractivity contribution is 7.97. The molecule has 202 valence electrons. The second kappa shape index (κ2) is 10.8. The summed E-state index contributed by atoms with van der Waals surface area (Å²) >= 11 is 0. The lowest BCUT2D eigenvalue weighted by Crippen LogP contribution is -2.63. The fraction of sp³-hybridized carbons (Fsp3) is 0.182. The van der Waals surface area contributed by atoms with Gasteiger partial charge in [-0.25, -0.2) is 8.42 Å². The summed E-state index contributed by atoms with van der Waals surface area (Å²) in [4.78, 5) is 3.77. The first-order valence-corrected chi connectivity index (χ1v) is 12.3. The average molecular weight is 578 g/mol. The Morgan fingerprint density at radius 1 is 0.595 bits per heavy atom. The first kappa shape index (κ1) is 30.3. The zero-order valence-corrected chi connectivity index (χ0v) is 19.6. The first-order valence-electron chi connectivity index (χ1n) is 9.63. The molecule has 0 unspecified atom stereocenters. The van der Waals surface area contributed by atoms with E-state index in [1.807, 2.05) is 24.3 Å². The highest BCUT2D eigenvalue weighted by Crippen LogP contribution is 2.54. The Morgan fingerprint density at radius 2 is 0.946 bits per heavy atom. The summed E-state index contributed by atoms with van der Waals surface area (Å²) < 4.78 is 135. The third-order valence-electron chi connectivity index (χ3n) is 4.46. The predicted octanol–water partition coefficient (Wildman–Crippen LogP) is 6.44. The van der Waals surface area contributed by atoms with Crippen LogP contribution in [-0.4, -0.2) is 41.4 Å². The number of rotatable bonds is 6. The number of halogens is 9. The highest BCUT2D eigenvalue weighted by Gasteiger charge is 2.83. The molecule has 0 aromatic heterocycles. The van der Waals surface area contributed by atoms with E-state index in [1.54, 1.807) is 12.1 Å². The quantitative estimate of drug-likeness (QED) is 0.207. The lowest BCUT2D eigenvalue weighted by molar-refractivity contribution is -0.382. The van der Waals surface area contributed by atoms with Crippen LogP contribution in [0.25, 0.3) is 0 Å². The van der Waals surface area contributed by atoms with Crippen LogP contribution in [0.3, 0.4) is 0 Å². The van der Waals surface area contributed by atoms with Crippen molar-refractivity contribution in [3.63, 3.8) is 0 Å². The van der Waals surface area contributed by atoms with Crippen LogP contribution in [0.4, 0.5) is 39.5 Å². The Bertz CT molecular complexity index is 1230. The molecule has 0 saturated heterocycles. The van der Waals surface area contributed by atoms with Crippen LogP contribution in [0.1, 0.15) is 0 Å². The molecule has 37 heavy (non-hydrogen) atoms. The minimum atomic E-state index is -7.43. The minimum Gasteiger partial charge on any atom is -0.743 e. The number of hydrogen-bond donors (Lipinski definition) is 1. The van der Waals surface area contributed by atoms with Crippen LogP contribution in [0.5, 0.6) is 5.75 Å². The Hall–Kier alpha value is -2.91. The van der Waals surface area contributed by atoms with E-state index in [4.69, 9.17) is 0 Å². The van der Waals surface area contributed by atoms with Gasteiger partial charge in [-0.3, -0.25) is 0 Å². The van der Waals surface area contributed by atoms with Crippen molar-refractivity contribution in [2.24, 2.45) is 0 Å². The number of hydrogen-bond acceptors (Lipinski definition) is 4. The van der Waals surface area contributed by atoms with Gasteiger partial charge in [0.25, 0.3) is 0 Å². The van der Waals surface area contributed by atoms with Crippen molar-refractivity contribution in [1.82, 2.24) is 0 Å². The van der Waals surface area contributed by atoms with Gasteiger partial charge in [0.05, 0.1) is 10.9 Å². The minimum absolute atomic E-state index is 0.134. The molecule has 0 aliphatic carbocycles. The largest absolute Gasteiger partial charge is 0.743 e. The fourth-order valence-electron chi connectivity index (χ4n) is 2.62. The molecule has 1 N–H and O–H groups in total. The van der Waals surface area contributed by atoms with Gasteiger partial charge in [0.2, 0.25) is 0 Å². The van der Waals surface area contributed by atoms with Crippen LogP contribution in [0.15, 0.2) is 99.6 Å². The third kappa shape index (κ3) is 6.33. The molecule has 0 spiro atoms. The molecule has 0 aliphatic rings. The second-order valence-electron chi connectivity index (χ2n) is 7.04. The zero-order valence-electron chi connectivity index (χ0n) is 18.0. The maximum absolute atomic E-state index is 12.2. The van der Waals surface area contributed by atoms with Crippen LogP contribution < -0.4 is 0 Å². The second-order valence-corrected chi connectivity index (χ2v) is 10.5. The molecule has 0 heterocycles. The van der Waals surface area contributed by atoms with E-state index < -0.39 is 33.4 Å². The molecule has 0 aliphatic heterocycles. The van der Waals surface area contributed by atoms with Gasteiger partial charge in [0, 0.05) is 0 Å². The fourth-order valence-corrected chi connectivity index (χ4v) is 5.15. The van der Waals surface area contributed by atoms with E-state index in [1.165, 1.54) is 14.7 Å². The number of phenols is 1. The third-order valence-corrected chi connectivity index (χ3v) is 7.58. The van der Waals surface area contributed by atoms with Gasteiger partial charge in [0.1, 0.15) is 5.75 Å². The molecule has 3 rings (SSSR count). The molecule has 0 bridgehead atoms. The maximum atomic E-state index is 12.2. The molecule has 15 heteroatoms. The van der Waals surface area contributed by atoms with Gasteiger partial charge in [0.15, 0.2) is 24.8 Å². The standard InChI is InChI=1S/C18H14OS.C4HF9O3S/c19-15-11-13-18(14-12-15)20(16-7-3-1-4-8-16)17-9-5-2-6-10-17;5-1(6,3(9,10)11)2(7,8)4(12,13)17(14,15)16/h1-14H;(H,14,15,16). The Balaban J connectivity index is 0.000000265. The summed E-state index contributed by atoms with van der Waals surface area (Å²) in [5.41, 5.74) is 0. The molecule has 4 nitrogen and oxygen atoms in total. The highest BCUT2D eigenvalue weighted by atomic mass is 32.2. The molecular formula is C22H15F9O4S2. The Labute approximate surface area is 207 Å². The van der Waals surface area contributed by atoms with E-state index in [2.05, 4.69) is 48.5 Å². The van der Waals surface area contributed by atoms with Crippen molar-refractivity contribution in [3.05, 3.63) is 84.9 Å². The summed E-state index contributed by atoms with van der Waals surface area (Å²) in [6.45, 7) is 0. The molecular weight excluding hydrogens is 563 g/mol. The topological polar surface area (TPSA) is 77.4 Å². The van der Waals surface area contributed by atoms with Crippen LogP contribution in [-0.2, 0) is 21.0 Å².